The van der Waals surface area contributed by atoms with Gasteiger partial charge in [-0.3, -0.25) is 0 Å². The van der Waals surface area contributed by atoms with Crippen LogP contribution in [0.1, 0.15) is 37.8 Å². The molecule has 4 aromatic carbocycles. The predicted octanol–water partition coefficient (Wildman–Crippen LogP) is 8.75. The number of allylic oxidation sites excluding steroid dienone is 2. The average molecular weight is 507 g/mol. The van der Waals surface area contributed by atoms with Crippen molar-refractivity contribution < 1.29 is 0 Å². The van der Waals surface area contributed by atoms with Gasteiger partial charge in [0.25, 0.3) is 0 Å². The molecule has 0 saturated heterocycles. The molecule has 0 aliphatic rings. The van der Waals surface area contributed by atoms with Gasteiger partial charge in [0.15, 0.2) is 0 Å². The first-order chi connectivity index (χ1) is 18.2. The molecule has 37 heavy (non-hydrogen) atoms. The smallest absolute Gasteiger partial charge is 0.0355 e. The highest BCUT2D eigenvalue weighted by Gasteiger charge is 2.09. The fraction of sp³-hybridized carbons (Fsp3) is 0.235. The number of hydrogen-bond donors (Lipinski definition) is 2. The standard InChI is InChI=1S/C30H30N2S.C4H8/c31-17-1-3-21-5-9-23(10-6-21)25-13-15-29-27(19-25)28-20-26(14-16-30(28)33-29)24-11-7-22(8-12-24)4-2-18-32;1-3-4-2/h5-16,19-20H,1-4,17-18,31-32H2;3-4H,1-2H3/b;4-3-. The largest absolute Gasteiger partial charge is 0.330 e. The lowest BCUT2D eigenvalue weighted by Gasteiger charge is -2.06. The monoisotopic (exact) mass is 506 g/mol. The molecule has 0 radical (unpaired) electrons. The van der Waals surface area contributed by atoms with Gasteiger partial charge in [0.1, 0.15) is 0 Å². The summed E-state index contributed by atoms with van der Waals surface area (Å²) in [5.74, 6) is 0. The van der Waals surface area contributed by atoms with Gasteiger partial charge >= 0.3 is 0 Å². The topological polar surface area (TPSA) is 52.0 Å². The number of thiophene rings is 1. The molecule has 0 amide bonds. The molecule has 0 aliphatic carbocycles. The van der Waals surface area contributed by atoms with Crippen LogP contribution in [0, 0.1) is 0 Å². The van der Waals surface area contributed by atoms with E-state index in [1.807, 2.05) is 37.3 Å². The maximum Gasteiger partial charge on any atom is 0.0355 e. The maximum absolute atomic E-state index is 5.65. The van der Waals surface area contributed by atoms with Crippen LogP contribution < -0.4 is 11.5 Å². The van der Waals surface area contributed by atoms with Crippen molar-refractivity contribution in [2.45, 2.75) is 39.5 Å². The second-order valence-electron chi connectivity index (χ2n) is 9.37. The van der Waals surface area contributed by atoms with Gasteiger partial charge in [-0.2, -0.15) is 0 Å². The Labute approximate surface area is 225 Å². The van der Waals surface area contributed by atoms with Crippen LogP contribution in [0.4, 0.5) is 0 Å². The third-order valence-electron chi connectivity index (χ3n) is 6.72. The normalized spacial score (nSPS) is 11.2. The SMILES string of the molecule is C/C=C\C.NCCCc1ccc(-c2ccc3sc4ccc(-c5ccc(CCCN)cc5)cc4c3c2)cc1. The quantitative estimate of drug-likeness (QED) is 0.207. The van der Waals surface area contributed by atoms with Crippen LogP contribution in [0.5, 0.6) is 0 Å². The van der Waals surface area contributed by atoms with Crippen LogP contribution in [0.3, 0.4) is 0 Å². The Bertz CT molecular complexity index is 1330. The van der Waals surface area contributed by atoms with Crippen molar-refractivity contribution >= 4 is 31.5 Å². The zero-order valence-corrected chi connectivity index (χ0v) is 22.9. The van der Waals surface area contributed by atoms with Crippen molar-refractivity contribution in [3.8, 4) is 22.3 Å². The van der Waals surface area contributed by atoms with E-state index in [0.29, 0.717) is 0 Å². The van der Waals surface area contributed by atoms with Crippen LogP contribution >= 0.6 is 11.3 Å². The average Bonchev–Trinajstić information content (AvgIpc) is 3.33. The van der Waals surface area contributed by atoms with E-state index in [4.69, 9.17) is 11.5 Å². The molecule has 0 fully saturated rings. The Hall–Kier alpha value is -3.24. The molecule has 0 unspecified atom stereocenters. The Morgan fingerprint density at radius 3 is 1.27 bits per heavy atom. The molecule has 0 atom stereocenters. The first-order valence-electron chi connectivity index (χ1n) is 13.3. The Kier molecular flexibility index (Phi) is 9.67. The third-order valence-corrected chi connectivity index (χ3v) is 7.87. The van der Waals surface area contributed by atoms with Crippen molar-refractivity contribution in [1.29, 1.82) is 0 Å². The first kappa shape index (κ1) is 26.8. The van der Waals surface area contributed by atoms with Crippen molar-refractivity contribution in [2.75, 3.05) is 13.1 Å². The molecule has 0 bridgehead atoms. The summed E-state index contributed by atoms with van der Waals surface area (Å²) in [5.41, 5.74) is 19.1. The van der Waals surface area contributed by atoms with Crippen LogP contribution in [-0.4, -0.2) is 13.1 Å². The summed E-state index contributed by atoms with van der Waals surface area (Å²) in [6.07, 6.45) is 8.15. The molecular weight excluding hydrogens is 468 g/mol. The number of fused-ring (bicyclic) bond motifs is 3. The van der Waals surface area contributed by atoms with Crippen molar-refractivity contribution in [3.63, 3.8) is 0 Å². The van der Waals surface area contributed by atoms with Crippen LogP contribution in [0.2, 0.25) is 0 Å². The fourth-order valence-corrected chi connectivity index (χ4v) is 5.54. The molecule has 0 aliphatic heterocycles. The fourth-order valence-electron chi connectivity index (χ4n) is 4.48. The van der Waals surface area contributed by atoms with Gasteiger partial charge in [-0.05, 0) is 110 Å². The zero-order valence-electron chi connectivity index (χ0n) is 22.0. The summed E-state index contributed by atoms with van der Waals surface area (Å²) in [5, 5.41) is 2.67. The van der Waals surface area contributed by atoms with Crippen LogP contribution in [0.25, 0.3) is 42.4 Å². The van der Waals surface area contributed by atoms with E-state index in [2.05, 4.69) is 84.9 Å². The van der Waals surface area contributed by atoms with Crippen LogP contribution in [-0.2, 0) is 12.8 Å². The highest BCUT2D eigenvalue weighted by atomic mass is 32.1. The molecule has 0 spiro atoms. The molecule has 1 aromatic heterocycles. The third kappa shape index (κ3) is 6.75. The highest BCUT2D eigenvalue weighted by Crippen LogP contribution is 2.38. The number of aryl methyl sites for hydroxylation is 2. The van der Waals surface area contributed by atoms with E-state index in [0.717, 1.165) is 38.8 Å². The minimum Gasteiger partial charge on any atom is -0.330 e. The molecule has 2 nitrogen and oxygen atoms in total. The second-order valence-corrected chi connectivity index (χ2v) is 10.5. The van der Waals surface area contributed by atoms with Crippen molar-refractivity contribution in [1.82, 2.24) is 0 Å². The molecule has 5 rings (SSSR count). The second kappa shape index (κ2) is 13.3. The van der Waals surface area contributed by atoms with Crippen molar-refractivity contribution in [3.05, 3.63) is 108 Å². The lowest BCUT2D eigenvalue weighted by atomic mass is 9.98. The molecule has 1 heterocycles. The maximum atomic E-state index is 5.65. The van der Waals surface area contributed by atoms with Crippen LogP contribution in [0.15, 0.2) is 97.1 Å². The lowest BCUT2D eigenvalue weighted by Crippen LogP contribution is -2.00. The lowest BCUT2D eigenvalue weighted by molar-refractivity contribution is 0.833. The summed E-state index contributed by atoms with van der Waals surface area (Å²) in [6, 6.07) is 31.6. The van der Waals surface area contributed by atoms with E-state index < -0.39 is 0 Å². The van der Waals surface area contributed by atoms with E-state index in [-0.39, 0.29) is 0 Å². The predicted molar refractivity (Wildman–Crippen MR) is 165 cm³/mol. The van der Waals surface area contributed by atoms with E-state index >= 15 is 0 Å². The molecule has 0 saturated carbocycles. The Morgan fingerprint density at radius 2 is 0.919 bits per heavy atom. The summed E-state index contributed by atoms with van der Waals surface area (Å²) < 4.78 is 2.67. The van der Waals surface area contributed by atoms with Gasteiger partial charge in [-0.25, -0.2) is 0 Å². The number of benzene rings is 4. The van der Waals surface area contributed by atoms with E-state index in [9.17, 15) is 0 Å². The molecule has 5 aromatic rings. The molecular formula is C34H38N2S. The summed E-state index contributed by atoms with van der Waals surface area (Å²) >= 11 is 1.87. The number of hydrogen-bond acceptors (Lipinski definition) is 3. The number of nitrogens with two attached hydrogens (primary N) is 2. The Balaban J connectivity index is 0.000000747. The summed E-state index contributed by atoms with van der Waals surface area (Å²) in [7, 11) is 0. The molecule has 3 heteroatoms. The molecule has 4 N–H and O–H groups in total. The van der Waals surface area contributed by atoms with Crippen molar-refractivity contribution in [2.24, 2.45) is 11.5 Å². The van der Waals surface area contributed by atoms with Gasteiger partial charge in [-0.15, -0.1) is 11.3 Å². The minimum atomic E-state index is 0.740. The Morgan fingerprint density at radius 1 is 0.541 bits per heavy atom. The van der Waals surface area contributed by atoms with E-state index in [1.54, 1.807) is 0 Å². The van der Waals surface area contributed by atoms with Gasteiger partial charge in [0.2, 0.25) is 0 Å². The summed E-state index contributed by atoms with van der Waals surface area (Å²) in [6.45, 7) is 5.48. The highest BCUT2D eigenvalue weighted by molar-refractivity contribution is 7.25. The van der Waals surface area contributed by atoms with Gasteiger partial charge in [0, 0.05) is 20.2 Å². The van der Waals surface area contributed by atoms with Gasteiger partial charge < -0.3 is 11.5 Å². The van der Waals surface area contributed by atoms with Gasteiger partial charge in [0.05, 0.1) is 0 Å². The van der Waals surface area contributed by atoms with E-state index in [1.165, 1.54) is 53.6 Å². The zero-order chi connectivity index (χ0) is 26.0. The molecule has 190 valence electrons. The summed E-state index contributed by atoms with van der Waals surface area (Å²) in [4.78, 5) is 0. The van der Waals surface area contributed by atoms with Gasteiger partial charge in [-0.1, -0.05) is 72.8 Å². The number of rotatable bonds is 8. The first-order valence-corrected chi connectivity index (χ1v) is 14.1. The minimum absolute atomic E-state index is 0.740.